The molecule has 1 N–H and O–H groups in total. The van der Waals surface area contributed by atoms with Crippen molar-refractivity contribution in [1.29, 1.82) is 0 Å². The molecule has 0 aliphatic heterocycles. The standard InChI is InChI=1S/C16H24O3/c1-11-7-8-15(12(2)17)16(9-11)19-14-6-4-5-13(10-14)18-3/h7-9,12-14,17H,4-6,10H2,1-3H3/t12-,13?,14?/m1/s1. The molecule has 0 spiro atoms. The van der Waals surface area contributed by atoms with Gasteiger partial charge in [-0.15, -0.1) is 0 Å². The van der Waals surface area contributed by atoms with Gasteiger partial charge in [-0.05, 0) is 44.7 Å². The van der Waals surface area contributed by atoms with Crippen LogP contribution in [0.15, 0.2) is 18.2 Å². The van der Waals surface area contributed by atoms with Gasteiger partial charge in [-0.1, -0.05) is 12.1 Å². The van der Waals surface area contributed by atoms with Crippen molar-refractivity contribution in [3.63, 3.8) is 0 Å². The van der Waals surface area contributed by atoms with Crippen LogP contribution in [0.25, 0.3) is 0 Å². The van der Waals surface area contributed by atoms with Crippen LogP contribution < -0.4 is 4.74 Å². The quantitative estimate of drug-likeness (QED) is 0.906. The van der Waals surface area contributed by atoms with Crippen LogP contribution in [0, 0.1) is 6.92 Å². The van der Waals surface area contributed by atoms with E-state index in [9.17, 15) is 5.11 Å². The molecule has 106 valence electrons. The van der Waals surface area contributed by atoms with Crippen molar-refractivity contribution in [1.82, 2.24) is 0 Å². The molecule has 0 saturated heterocycles. The van der Waals surface area contributed by atoms with Gasteiger partial charge in [0.05, 0.1) is 12.2 Å². The minimum absolute atomic E-state index is 0.193. The van der Waals surface area contributed by atoms with Crippen LogP contribution in [0.4, 0.5) is 0 Å². The third-order valence-corrected chi connectivity index (χ3v) is 3.82. The van der Waals surface area contributed by atoms with E-state index >= 15 is 0 Å². The molecule has 0 bridgehead atoms. The lowest BCUT2D eigenvalue weighted by molar-refractivity contribution is 0.0199. The van der Waals surface area contributed by atoms with E-state index in [1.807, 2.05) is 25.1 Å². The molecule has 1 aliphatic carbocycles. The van der Waals surface area contributed by atoms with Crippen molar-refractivity contribution in [2.45, 2.75) is 57.8 Å². The Kier molecular flexibility index (Phi) is 4.83. The second-order valence-corrected chi connectivity index (χ2v) is 5.48. The van der Waals surface area contributed by atoms with E-state index in [1.165, 1.54) is 0 Å². The molecule has 1 aliphatic rings. The van der Waals surface area contributed by atoms with E-state index in [-0.39, 0.29) is 6.10 Å². The predicted octanol–water partition coefficient (Wildman–Crippen LogP) is 3.38. The Hall–Kier alpha value is -1.06. The van der Waals surface area contributed by atoms with Gasteiger partial charge < -0.3 is 14.6 Å². The zero-order valence-corrected chi connectivity index (χ0v) is 12.1. The molecule has 19 heavy (non-hydrogen) atoms. The molecule has 3 heteroatoms. The second kappa shape index (κ2) is 6.40. The second-order valence-electron chi connectivity index (χ2n) is 5.48. The average Bonchev–Trinajstić information content (AvgIpc) is 2.38. The zero-order chi connectivity index (χ0) is 13.8. The van der Waals surface area contributed by atoms with E-state index in [4.69, 9.17) is 9.47 Å². The monoisotopic (exact) mass is 264 g/mol. The minimum atomic E-state index is -0.502. The fourth-order valence-corrected chi connectivity index (χ4v) is 2.69. The molecule has 1 aromatic rings. The number of ether oxygens (including phenoxy) is 2. The van der Waals surface area contributed by atoms with Gasteiger partial charge in [-0.25, -0.2) is 0 Å². The van der Waals surface area contributed by atoms with E-state index in [0.29, 0.717) is 6.10 Å². The van der Waals surface area contributed by atoms with Crippen LogP contribution in [0.5, 0.6) is 5.75 Å². The van der Waals surface area contributed by atoms with Gasteiger partial charge in [0, 0.05) is 19.1 Å². The van der Waals surface area contributed by atoms with Crippen molar-refractivity contribution < 1.29 is 14.6 Å². The summed E-state index contributed by atoms with van der Waals surface area (Å²) >= 11 is 0. The SMILES string of the molecule is COC1CCCC(Oc2cc(C)ccc2[C@@H](C)O)C1. The van der Waals surface area contributed by atoms with Gasteiger partial charge in [-0.2, -0.15) is 0 Å². The molecule has 3 nitrogen and oxygen atoms in total. The molecule has 1 aromatic carbocycles. The topological polar surface area (TPSA) is 38.7 Å². The molecular formula is C16H24O3. The van der Waals surface area contributed by atoms with E-state index in [1.54, 1.807) is 14.0 Å². The Balaban J connectivity index is 2.11. The molecule has 2 unspecified atom stereocenters. The number of rotatable bonds is 4. The van der Waals surface area contributed by atoms with Crippen molar-refractivity contribution in [3.8, 4) is 5.75 Å². The number of aryl methyl sites for hydroxylation is 1. The van der Waals surface area contributed by atoms with Gasteiger partial charge in [-0.3, -0.25) is 0 Å². The van der Waals surface area contributed by atoms with Crippen molar-refractivity contribution in [3.05, 3.63) is 29.3 Å². The van der Waals surface area contributed by atoms with Crippen molar-refractivity contribution >= 4 is 0 Å². The molecule has 0 radical (unpaired) electrons. The third-order valence-electron chi connectivity index (χ3n) is 3.82. The first-order valence-corrected chi connectivity index (χ1v) is 7.08. The summed E-state index contributed by atoms with van der Waals surface area (Å²) in [7, 11) is 1.76. The maximum absolute atomic E-state index is 9.82. The summed E-state index contributed by atoms with van der Waals surface area (Å²) in [5, 5.41) is 9.82. The lowest BCUT2D eigenvalue weighted by Gasteiger charge is -2.29. The normalized spacial score (nSPS) is 25.1. The summed E-state index contributed by atoms with van der Waals surface area (Å²) in [5.41, 5.74) is 2.02. The highest BCUT2D eigenvalue weighted by Crippen LogP contribution is 2.31. The molecular weight excluding hydrogens is 240 g/mol. The predicted molar refractivity (Wildman–Crippen MR) is 75.5 cm³/mol. The zero-order valence-electron chi connectivity index (χ0n) is 12.1. The summed E-state index contributed by atoms with van der Waals surface area (Å²) in [6, 6.07) is 5.97. The maximum Gasteiger partial charge on any atom is 0.125 e. The molecule has 2 rings (SSSR count). The lowest BCUT2D eigenvalue weighted by Crippen LogP contribution is -2.29. The largest absolute Gasteiger partial charge is 0.490 e. The Morgan fingerprint density at radius 3 is 2.68 bits per heavy atom. The summed E-state index contributed by atoms with van der Waals surface area (Å²) in [5.74, 6) is 0.816. The molecule has 1 saturated carbocycles. The van der Waals surface area contributed by atoms with Crippen molar-refractivity contribution in [2.24, 2.45) is 0 Å². The first kappa shape index (κ1) is 14.4. The highest BCUT2D eigenvalue weighted by atomic mass is 16.5. The molecule has 3 atom stereocenters. The van der Waals surface area contributed by atoms with E-state index in [2.05, 4.69) is 0 Å². The number of hydrogen-bond acceptors (Lipinski definition) is 3. The van der Waals surface area contributed by atoms with Crippen LogP contribution in [-0.4, -0.2) is 24.4 Å². The molecule has 0 aromatic heterocycles. The van der Waals surface area contributed by atoms with Crippen LogP contribution in [-0.2, 0) is 4.74 Å². The highest BCUT2D eigenvalue weighted by Gasteiger charge is 2.24. The van der Waals surface area contributed by atoms with Gasteiger partial charge in [0.15, 0.2) is 0 Å². The Labute approximate surface area is 115 Å². The van der Waals surface area contributed by atoms with E-state index in [0.717, 1.165) is 42.6 Å². The van der Waals surface area contributed by atoms with Crippen LogP contribution in [0.1, 0.15) is 49.8 Å². The maximum atomic E-state index is 9.82. The number of aliphatic hydroxyl groups excluding tert-OH is 1. The Bertz CT molecular complexity index is 414. The summed E-state index contributed by atoms with van der Waals surface area (Å²) in [6.07, 6.45) is 4.25. The summed E-state index contributed by atoms with van der Waals surface area (Å²) < 4.78 is 11.6. The van der Waals surface area contributed by atoms with Crippen LogP contribution >= 0.6 is 0 Å². The fourth-order valence-electron chi connectivity index (χ4n) is 2.69. The van der Waals surface area contributed by atoms with Crippen LogP contribution in [0.3, 0.4) is 0 Å². The Morgan fingerprint density at radius 1 is 1.26 bits per heavy atom. The first-order chi connectivity index (χ1) is 9.10. The minimum Gasteiger partial charge on any atom is -0.490 e. The number of methoxy groups -OCH3 is 1. The van der Waals surface area contributed by atoms with Gasteiger partial charge in [0.1, 0.15) is 11.9 Å². The average molecular weight is 264 g/mol. The fraction of sp³-hybridized carbons (Fsp3) is 0.625. The smallest absolute Gasteiger partial charge is 0.125 e. The number of hydrogen-bond donors (Lipinski definition) is 1. The molecule has 1 fully saturated rings. The lowest BCUT2D eigenvalue weighted by atomic mass is 9.94. The summed E-state index contributed by atoms with van der Waals surface area (Å²) in [4.78, 5) is 0. The van der Waals surface area contributed by atoms with Crippen molar-refractivity contribution in [2.75, 3.05) is 7.11 Å². The third kappa shape index (κ3) is 3.71. The number of aliphatic hydroxyl groups is 1. The Morgan fingerprint density at radius 2 is 2.00 bits per heavy atom. The summed E-state index contributed by atoms with van der Waals surface area (Å²) in [6.45, 7) is 3.81. The number of benzene rings is 1. The van der Waals surface area contributed by atoms with Gasteiger partial charge in [0.2, 0.25) is 0 Å². The van der Waals surface area contributed by atoms with Gasteiger partial charge in [0.25, 0.3) is 0 Å². The van der Waals surface area contributed by atoms with Crippen LogP contribution in [0.2, 0.25) is 0 Å². The molecule has 0 heterocycles. The first-order valence-electron chi connectivity index (χ1n) is 7.08. The van der Waals surface area contributed by atoms with Gasteiger partial charge >= 0.3 is 0 Å². The molecule has 0 amide bonds. The van der Waals surface area contributed by atoms with E-state index < -0.39 is 6.10 Å². The highest BCUT2D eigenvalue weighted by molar-refractivity contribution is 5.38.